The molecule has 6 nitrogen and oxygen atoms in total. The first kappa shape index (κ1) is 18.1. The smallest absolute Gasteiger partial charge is 0.289 e. The van der Waals surface area contributed by atoms with Gasteiger partial charge in [-0.05, 0) is 46.5 Å². The molecule has 1 unspecified atom stereocenters. The summed E-state index contributed by atoms with van der Waals surface area (Å²) in [4.78, 5) is 14.5. The Morgan fingerprint density at radius 3 is 2.80 bits per heavy atom. The lowest BCUT2D eigenvalue weighted by molar-refractivity contribution is -0.0741. The molecule has 0 aromatic carbocycles. The van der Waals surface area contributed by atoms with Crippen molar-refractivity contribution in [3.63, 3.8) is 0 Å². The number of nitrogens with one attached hydrogen (secondary N) is 1. The predicted molar refractivity (Wildman–Crippen MR) is 95.5 cm³/mol. The van der Waals surface area contributed by atoms with Gasteiger partial charge in [0.15, 0.2) is 0 Å². The Morgan fingerprint density at radius 1 is 1.40 bits per heavy atom. The van der Waals surface area contributed by atoms with E-state index in [1.165, 1.54) is 5.57 Å². The number of aromatic nitrogens is 1. The van der Waals surface area contributed by atoms with Crippen LogP contribution in [0.3, 0.4) is 0 Å². The number of carbonyl (C=O) groups excluding carboxylic acids is 1. The van der Waals surface area contributed by atoms with E-state index in [0.29, 0.717) is 12.2 Å². The molecule has 1 amide bonds. The number of ether oxygens (including phenoxy) is 1. The van der Waals surface area contributed by atoms with Gasteiger partial charge in [0.2, 0.25) is 5.76 Å². The van der Waals surface area contributed by atoms with Crippen LogP contribution in [0.1, 0.15) is 55.8 Å². The minimum absolute atomic E-state index is 0.0136. The molecular formula is C19H29N3O3. The summed E-state index contributed by atoms with van der Waals surface area (Å²) in [5.41, 5.74) is 2.09. The molecule has 0 bridgehead atoms. The standard InChI is InChI=1S/C19H29N3O3/c1-14(2)5-9-22-10-7-19(8-11-22)6-4-16(24-19)13-20-18(23)17-12-15(3)21-25-17/h5,12,16H,4,6-11,13H2,1-3H3,(H,20,23). The Labute approximate surface area is 149 Å². The van der Waals surface area contributed by atoms with Crippen LogP contribution < -0.4 is 5.32 Å². The number of allylic oxidation sites excluding steroid dienone is 1. The van der Waals surface area contributed by atoms with Gasteiger partial charge in [-0.2, -0.15) is 0 Å². The number of piperidine rings is 1. The molecular weight excluding hydrogens is 318 g/mol. The summed E-state index contributed by atoms with van der Waals surface area (Å²) in [5.74, 6) is 0.0412. The van der Waals surface area contributed by atoms with E-state index >= 15 is 0 Å². The van der Waals surface area contributed by atoms with Gasteiger partial charge >= 0.3 is 0 Å². The summed E-state index contributed by atoms with van der Waals surface area (Å²) in [5, 5.41) is 6.64. The Morgan fingerprint density at radius 2 is 2.16 bits per heavy atom. The van der Waals surface area contributed by atoms with E-state index in [1.807, 2.05) is 0 Å². The minimum Gasteiger partial charge on any atom is -0.370 e. The lowest BCUT2D eigenvalue weighted by Gasteiger charge is -2.39. The van der Waals surface area contributed by atoms with E-state index < -0.39 is 0 Å². The van der Waals surface area contributed by atoms with Crippen LogP contribution in [0.5, 0.6) is 0 Å². The fourth-order valence-corrected chi connectivity index (χ4v) is 3.63. The topological polar surface area (TPSA) is 67.6 Å². The largest absolute Gasteiger partial charge is 0.370 e. The maximum Gasteiger partial charge on any atom is 0.289 e. The Balaban J connectivity index is 1.43. The molecule has 1 aromatic rings. The fourth-order valence-electron chi connectivity index (χ4n) is 3.63. The highest BCUT2D eigenvalue weighted by atomic mass is 16.5. The van der Waals surface area contributed by atoms with Crippen LogP contribution >= 0.6 is 0 Å². The molecule has 2 aliphatic heterocycles. The molecule has 1 atom stereocenters. The van der Waals surface area contributed by atoms with Crippen molar-refractivity contribution in [3.05, 3.63) is 29.2 Å². The summed E-state index contributed by atoms with van der Waals surface area (Å²) in [6, 6.07) is 1.65. The van der Waals surface area contributed by atoms with Crippen LogP contribution in [0.4, 0.5) is 0 Å². The second-order valence-corrected chi connectivity index (χ2v) is 7.59. The molecule has 0 radical (unpaired) electrons. The molecule has 0 aliphatic carbocycles. The highest BCUT2D eigenvalue weighted by Crippen LogP contribution is 2.38. The van der Waals surface area contributed by atoms with Crippen molar-refractivity contribution in [3.8, 4) is 0 Å². The van der Waals surface area contributed by atoms with Crippen LogP contribution in [0, 0.1) is 6.92 Å². The third-order valence-corrected chi connectivity index (χ3v) is 5.21. The maximum absolute atomic E-state index is 12.0. The van der Waals surface area contributed by atoms with Gasteiger partial charge in [0.1, 0.15) is 0 Å². The number of aryl methyl sites for hydroxylation is 1. The number of rotatable bonds is 5. The molecule has 1 aromatic heterocycles. The maximum atomic E-state index is 12.0. The molecule has 1 spiro atoms. The van der Waals surface area contributed by atoms with Gasteiger partial charge in [-0.1, -0.05) is 16.8 Å². The van der Waals surface area contributed by atoms with Crippen LogP contribution in [-0.4, -0.2) is 53.8 Å². The third kappa shape index (κ3) is 4.70. The Kier molecular flexibility index (Phi) is 5.59. The lowest BCUT2D eigenvalue weighted by Crippen LogP contribution is -2.45. The van der Waals surface area contributed by atoms with Crippen LogP contribution in [0.2, 0.25) is 0 Å². The van der Waals surface area contributed by atoms with E-state index in [4.69, 9.17) is 9.26 Å². The van der Waals surface area contributed by atoms with Crippen LogP contribution in [0.15, 0.2) is 22.2 Å². The van der Waals surface area contributed by atoms with Gasteiger partial charge in [0.05, 0.1) is 17.4 Å². The minimum atomic E-state index is -0.221. The molecule has 0 saturated carbocycles. The first-order chi connectivity index (χ1) is 12.0. The predicted octanol–water partition coefficient (Wildman–Crippen LogP) is 2.69. The second-order valence-electron chi connectivity index (χ2n) is 7.59. The normalized spacial score (nSPS) is 22.9. The molecule has 3 rings (SSSR count). The van der Waals surface area contributed by atoms with Crippen molar-refractivity contribution in [2.24, 2.45) is 0 Å². The Bertz CT molecular complexity index is 626. The zero-order valence-corrected chi connectivity index (χ0v) is 15.5. The summed E-state index contributed by atoms with van der Waals surface area (Å²) < 4.78 is 11.3. The number of nitrogens with zero attached hydrogens (tertiary/aromatic N) is 2. The summed E-state index contributed by atoms with van der Waals surface area (Å²) in [7, 11) is 0. The number of hydrogen-bond donors (Lipinski definition) is 1. The van der Waals surface area contributed by atoms with Crippen molar-refractivity contribution < 1.29 is 14.1 Å². The van der Waals surface area contributed by atoms with E-state index in [2.05, 4.69) is 35.3 Å². The van der Waals surface area contributed by atoms with Gasteiger partial charge in [-0.25, -0.2) is 0 Å². The van der Waals surface area contributed by atoms with Gasteiger partial charge in [-0.3, -0.25) is 9.69 Å². The van der Waals surface area contributed by atoms with E-state index in [0.717, 1.165) is 45.3 Å². The lowest BCUT2D eigenvalue weighted by atomic mass is 9.88. The zero-order valence-electron chi connectivity index (χ0n) is 15.5. The first-order valence-electron chi connectivity index (χ1n) is 9.21. The van der Waals surface area contributed by atoms with Crippen molar-refractivity contribution in [2.75, 3.05) is 26.2 Å². The van der Waals surface area contributed by atoms with Crippen LogP contribution in [-0.2, 0) is 4.74 Å². The van der Waals surface area contributed by atoms with E-state index in [9.17, 15) is 4.79 Å². The van der Waals surface area contributed by atoms with Crippen molar-refractivity contribution in [2.45, 2.75) is 58.2 Å². The summed E-state index contributed by atoms with van der Waals surface area (Å²) in [6.07, 6.45) is 6.63. The Hall–Kier alpha value is -1.66. The molecule has 1 N–H and O–H groups in total. The van der Waals surface area contributed by atoms with Gasteiger partial charge in [-0.15, -0.1) is 0 Å². The highest BCUT2D eigenvalue weighted by Gasteiger charge is 2.42. The summed E-state index contributed by atoms with van der Waals surface area (Å²) >= 11 is 0. The molecule has 138 valence electrons. The second kappa shape index (κ2) is 7.70. The van der Waals surface area contributed by atoms with E-state index in [1.54, 1.807) is 13.0 Å². The van der Waals surface area contributed by atoms with Crippen LogP contribution in [0.25, 0.3) is 0 Å². The van der Waals surface area contributed by atoms with Gasteiger partial charge in [0.25, 0.3) is 5.91 Å². The molecule has 25 heavy (non-hydrogen) atoms. The number of carbonyl (C=O) groups is 1. The molecule has 2 aliphatic rings. The van der Waals surface area contributed by atoms with Crippen molar-refractivity contribution in [1.82, 2.24) is 15.4 Å². The SMILES string of the molecule is CC(C)=CCN1CCC2(CCC(CNC(=O)c3cc(C)no3)O2)CC1. The number of amides is 1. The number of hydrogen-bond acceptors (Lipinski definition) is 5. The highest BCUT2D eigenvalue weighted by molar-refractivity contribution is 5.91. The third-order valence-electron chi connectivity index (χ3n) is 5.21. The monoisotopic (exact) mass is 347 g/mol. The average Bonchev–Trinajstić information content (AvgIpc) is 3.19. The fraction of sp³-hybridized carbons (Fsp3) is 0.684. The first-order valence-corrected chi connectivity index (χ1v) is 9.21. The van der Waals surface area contributed by atoms with Gasteiger partial charge < -0.3 is 14.6 Å². The zero-order chi connectivity index (χ0) is 17.9. The van der Waals surface area contributed by atoms with Crippen molar-refractivity contribution >= 4 is 5.91 Å². The quantitative estimate of drug-likeness (QED) is 0.830. The molecule has 2 saturated heterocycles. The van der Waals surface area contributed by atoms with Gasteiger partial charge in [0, 0.05) is 32.2 Å². The van der Waals surface area contributed by atoms with E-state index in [-0.39, 0.29) is 23.4 Å². The van der Waals surface area contributed by atoms with Crippen molar-refractivity contribution in [1.29, 1.82) is 0 Å². The summed E-state index contributed by atoms with van der Waals surface area (Å²) in [6.45, 7) is 9.82. The molecule has 3 heterocycles. The molecule has 6 heteroatoms. The average molecular weight is 347 g/mol. The molecule has 2 fully saturated rings. The number of likely N-dealkylation sites (tertiary alicyclic amines) is 1.